The summed E-state index contributed by atoms with van der Waals surface area (Å²) in [6.07, 6.45) is 5.31. The summed E-state index contributed by atoms with van der Waals surface area (Å²) in [6, 6.07) is 18.0. The second kappa shape index (κ2) is 29.5. The van der Waals surface area contributed by atoms with Crippen LogP contribution in [0.15, 0.2) is 82.5 Å². The number of nitrogens with zero attached hydrogens (tertiary/aromatic N) is 4. The number of imidazole rings is 1. The molecule has 2 aliphatic rings. The Morgan fingerprint density at radius 1 is 0.667 bits per heavy atom. The van der Waals surface area contributed by atoms with Gasteiger partial charge in [0.05, 0.1) is 72.4 Å². The first kappa shape index (κ1) is 61.4. The maximum absolute atomic E-state index is 14.2. The topological polar surface area (TPSA) is 247 Å². The number of ether oxygens (including phenoxy) is 7. The molecular weight excluding hydrogens is 1070 g/mol. The van der Waals surface area contributed by atoms with Crippen LogP contribution in [0.5, 0.6) is 28.7 Å². The summed E-state index contributed by atoms with van der Waals surface area (Å²) in [5.41, 5.74) is 1.43. The van der Waals surface area contributed by atoms with Gasteiger partial charge in [0.25, 0.3) is 11.8 Å². The molecule has 0 bridgehead atoms. The summed E-state index contributed by atoms with van der Waals surface area (Å²) in [4.78, 5) is 92.2. The van der Waals surface area contributed by atoms with Crippen LogP contribution in [0.25, 0.3) is 11.0 Å². The summed E-state index contributed by atoms with van der Waals surface area (Å²) in [5, 5.41) is 2.16. The van der Waals surface area contributed by atoms with E-state index in [9.17, 15) is 42.0 Å². The lowest BCUT2D eigenvalue weighted by molar-refractivity contribution is -0.136. The fraction of sp³-hybridized carbons (Fsp3) is 0.475. The molecule has 4 aromatic carbocycles. The van der Waals surface area contributed by atoms with E-state index >= 15 is 0 Å². The monoisotopic (exact) mass is 1140 g/mol. The Morgan fingerprint density at radius 3 is 1.98 bits per heavy atom. The molecule has 0 saturated carbocycles. The number of ketones is 2. The minimum atomic E-state index is -4.05. The number of nitrogens with one attached hydrogen (secondary N) is 1. The number of hydrogen-bond acceptors (Lipinski definition) is 17. The fourth-order valence-corrected chi connectivity index (χ4v) is 10.7. The molecule has 2 aliphatic heterocycles. The van der Waals surface area contributed by atoms with Crippen LogP contribution in [0.2, 0.25) is 0 Å². The molecule has 1 unspecified atom stereocenters. The first-order valence-electron chi connectivity index (χ1n) is 27.5. The number of Topliss-reactive ketones (excluding diaryl/α,β-unsaturated/α-hetero) is 2. The number of carbonyl (C=O) groups is 6. The number of hydrogen-bond donors (Lipinski definition) is 1. The average molecular weight is 1140 g/mol. The largest absolute Gasteiger partial charge is 0.493 e. The number of benzene rings is 4. The second-order valence-electron chi connectivity index (χ2n) is 20.2. The number of aromatic nitrogens is 2. The number of rotatable bonds is 35. The molecule has 0 aliphatic carbocycles. The summed E-state index contributed by atoms with van der Waals surface area (Å²) >= 11 is 0. The van der Waals surface area contributed by atoms with Crippen molar-refractivity contribution in [1.29, 1.82) is 0 Å². The van der Waals surface area contributed by atoms with Gasteiger partial charge in [-0.2, -0.15) is 0 Å². The first-order chi connectivity index (χ1) is 38.9. The van der Waals surface area contributed by atoms with Crippen LogP contribution >= 0.6 is 0 Å². The normalized spacial score (nSPS) is 14.4. The van der Waals surface area contributed by atoms with Crippen molar-refractivity contribution >= 4 is 56.1 Å². The Balaban J connectivity index is 0.790. The SMILES string of the molecule is CCCOc1cc(OCCCCN(C)C)cc(Oc2cc3c(cc2CS(=O)(=O)c2cccc(C(=O)CCCCOCCOCCOCCCCC(=O)COc4cccc5c4C(=O)N(C4CCC(=O)NC4=O)C5=O)c2)n(C)c(=O)n3C)c1. The molecule has 81 heavy (non-hydrogen) atoms. The predicted molar refractivity (Wildman–Crippen MR) is 299 cm³/mol. The van der Waals surface area contributed by atoms with E-state index in [1.807, 2.05) is 21.0 Å². The Hall–Kier alpha value is -7.24. The van der Waals surface area contributed by atoms with E-state index in [1.54, 1.807) is 56.6 Å². The Labute approximate surface area is 471 Å². The lowest BCUT2D eigenvalue weighted by Crippen LogP contribution is -2.54. The smallest absolute Gasteiger partial charge is 0.328 e. The summed E-state index contributed by atoms with van der Waals surface area (Å²) < 4.78 is 72.5. The van der Waals surface area contributed by atoms with Crippen molar-refractivity contribution in [2.75, 3.05) is 80.1 Å². The van der Waals surface area contributed by atoms with Gasteiger partial charge in [0, 0.05) is 82.0 Å². The maximum atomic E-state index is 14.2. The number of fused-ring (bicyclic) bond motifs is 2. The van der Waals surface area contributed by atoms with Crippen LogP contribution < -0.4 is 30.0 Å². The summed E-state index contributed by atoms with van der Waals surface area (Å²) in [5.74, 6) is -1.69. The number of sulfone groups is 1. The maximum Gasteiger partial charge on any atom is 0.328 e. The third-order valence-electron chi connectivity index (χ3n) is 13.6. The summed E-state index contributed by atoms with van der Waals surface area (Å²) in [6.45, 7) is 5.79. The fourth-order valence-electron chi connectivity index (χ4n) is 9.30. The molecule has 0 radical (unpaired) electrons. The van der Waals surface area contributed by atoms with Gasteiger partial charge in [0.15, 0.2) is 21.4 Å². The third-order valence-corrected chi connectivity index (χ3v) is 15.3. The minimum Gasteiger partial charge on any atom is -0.493 e. The van der Waals surface area contributed by atoms with Crippen LogP contribution in [0.4, 0.5) is 0 Å². The third kappa shape index (κ3) is 16.7. The van der Waals surface area contributed by atoms with Crippen molar-refractivity contribution in [2.45, 2.75) is 94.2 Å². The molecule has 436 valence electrons. The number of aryl methyl sites for hydroxylation is 2. The quantitative estimate of drug-likeness (QED) is 0.0250. The molecule has 3 heterocycles. The molecule has 5 aromatic rings. The number of unbranched alkanes of at least 4 members (excludes halogenated alkanes) is 3. The van der Waals surface area contributed by atoms with E-state index < -0.39 is 45.3 Å². The van der Waals surface area contributed by atoms with Crippen LogP contribution in [-0.2, 0) is 58.3 Å². The Kier molecular flexibility index (Phi) is 22.3. The minimum absolute atomic E-state index is 0.00191. The second-order valence-corrected chi connectivity index (χ2v) is 22.2. The van der Waals surface area contributed by atoms with Crippen LogP contribution in [-0.4, -0.2) is 149 Å². The van der Waals surface area contributed by atoms with E-state index in [0.29, 0.717) is 112 Å². The number of amides is 4. The lowest BCUT2D eigenvalue weighted by atomic mass is 10.0. The highest BCUT2D eigenvalue weighted by Crippen LogP contribution is 2.37. The lowest BCUT2D eigenvalue weighted by Gasteiger charge is -2.27. The molecular formula is C59H73N5O16S. The Morgan fingerprint density at radius 2 is 1.30 bits per heavy atom. The van der Waals surface area contributed by atoms with Crippen molar-refractivity contribution in [1.82, 2.24) is 24.3 Å². The van der Waals surface area contributed by atoms with Gasteiger partial charge in [-0.05, 0) is 102 Å². The van der Waals surface area contributed by atoms with Crippen LogP contribution in [0.3, 0.4) is 0 Å². The van der Waals surface area contributed by atoms with Crippen LogP contribution in [0.1, 0.15) is 114 Å². The highest BCUT2D eigenvalue weighted by atomic mass is 32.2. The highest BCUT2D eigenvalue weighted by Gasteiger charge is 2.46. The van der Waals surface area contributed by atoms with Gasteiger partial charge in [-0.3, -0.25) is 48.1 Å². The van der Waals surface area contributed by atoms with E-state index in [2.05, 4.69) is 10.2 Å². The first-order valence-corrected chi connectivity index (χ1v) is 29.1. The van der Waals surface area contributed by atoms with Gasteiger partial charge in [-0.25, -0.2) is 13.2 Å². The van der Waals surface area contributed by atoms with Gasteiger partial charge >= 0.3 is 5.69 Å². The van der Waals surface area contributed by atoms with Crippen LogP contribution in [0, 0.1) is 0 Å². The standard InChI is InChI=1S/C59H73N5O16S/c1-6-24-77-43-34-44(78-27-12-9-23-61(2)3)36-45(35-43)80-53-37-50-49(62(4)59(71)63(50)5)33-41(53)39-81(72,73)46-17-13-15-40(32-46)51(66)19-8-11-26-75-29-31-76-30-28-74-25-10-7-16-42(65)38-79-52-20-14-18-47-55(52)58(70)64(57(47)69)48-21-22-54(67)60-56(48)68/h13-15,17-18,20,32-37,48H,6-12,16,19,21-31,38-39H2,1-5H3,(H,60,67,68). The molecule has 4 amide bonds. The molecule has 1 atom stereocenters. The molecule has 1 N–H and O–H groups in total. The van der Waals surface area contributed by atoms with Crippen molar-refractivity contribution in [3.8, 4) is 28.7 Å². The van der Waals surface area contributed by atoms with Gasteiger partial charge in [0.1, 0.15) is 41.4 Å². The molecule has 1 fully saturated rings. The van der Waals surface area contributed by atoms with E-state index in [0.717, 1.165) is 30.7 Å². The van der Waals surface area contributed by atoms with Crippen molar-refractivity contribution in [3.05, 3.63) is 106 Å². The zero-order valence-electron chi connectivity index (χ0n) is 46.8. The van der Waals surface area contributed by atoms with Crippen molar-refractivity contribution in [2.24, 2.45) is 14.1 Å². The molecule has 7 rings (SSSR count). The van der Waals surface area contributed by atoms with Gasteiger partial charge in [-0.15, -0.1) is 0 Å². The molecule has 1 saturated heterocycles. The highest BCUT2D eigenvalue weighted by molar-refractivity contribution is 7.90. The predicted octanol–water partition coefficient (Wildman–Crippen LogP) is 6.78. The average Bonchev–Trinajstić information content (AvgIpc) is 3.88. The van der Waals surface area contributed by atoms with Crippen molar-refractivity contribution in [3.63, 3.8) is 0 Å². The zero-order chi connectivity index (χ0) is 58.1. The summed E-state index contributed by atoms with van der Waals surface area (Å²) in [7, 11) is 3.26. The molecule has 1 aromatic heterocycles. The molecule has 22 heteroatoms. The number of carbonyl (C=O) groups excluding carboxylic acids is 6. The number of imide groups is 2. The van der Waals surface area contributed by atoms with E-state index in [4.69, 9.17) is 33.2 Å². The molecule has 21 nitrogen and oxygen atoms in total. The van der Waals surface area contributed by atoms with E-state index in [-0.39, 0.29) is 82.6 Å². The zero-order valence-corrected chi connectivity index (χ0v) is 47.6. The van der Waals surface area contributed by atoms with Gasteiger partial charge in [0.2, 0.25) is 11.8 Å². The van der Waals surface area contributed by atoms with Gasteiger partial charge < -0.3 is 38.1 Å². The van der Waals surface area contributed by atoms with Gasteiger partial charge in [-0.1, -0.05) is 25.1 Å². The Bertz CT molecular complexity index is 3240. The molecule has 0 spiro atoms. The van der Waals surface area contributed by atoms with E-state index in [1.165, 1.54) is 39.5 Å². The number of piperidine rings is 1. The van der Waals surface area contributed by atoms with Crippen molar-refractivity contribution < 1.29 is 70.3 Å².